The van der Waals surface area contributed by atoms with Gasteiger partial charge in [0, 0.05) is 18.1 Å². The monoisotopic (exact) mass is 292 g/mol. The molecule has 2 aliphatic rings. The lowest BCUT2D eigenvalue weighted by molar-refractivity contribution is -0.113. The van der Waals surface area contributed by atoms with Gasteiger partial charge < -0.3 is 4.90 Å². The van der Waals surface area contributed by atoms with Crippen LogP contribution in [0.3, 0.4) is 0 Å². The molecule has 2 heterocycles. The number of benzene rings is 1. The van der Waals surface area contributed by atoms with Gasteiger partial charge in [-0.2, -0.15) is 4.99 Å². The van der Waals surface area contributed by atoms with Crippen molar-refractivity contribution in [3.05, 3.63) is 39.8 Å². The third-order valence-electron chi connectivity index (χ3n) is 3.13. The molecule has 0 N–H and O–H groups in total. The van der Waals surface area contributed by atoms with Crippen LogP contribution >= 0.6 is 23.4 Å². The van der Waals surface area contributed by atoms with Crippen LogP contribution in [0.25, 0.3) is 6.08 Å². The summed E-state index contributed by atoms with van der Waals surface area (Å²) in [6.07, 6.45) is 4.22. The van der Waals surface area contributed by atoms with Gasteiger partial charge in [-0.1, -0.05) is 23.7 Å². The average molecular weight is 293 g/mol. The van der Waals surface area contributed by atoms with Crippen molar-refractivity contribution >= 4 is 40.5 Å². The van der Waals surface area contributed by atoms with Gasteiger partial charge in [0.2, 0.25) is 0 Å². The molecule has 0 radical (unpaired) electrons. The molecule has 0 unspecified atom stereocenters. The fourth-order valence-corrected chi connectivity index (χ4v) is 3.35. The summed E-state index contributed by atoms with van der Waals surface area (Å²) in [7, 11) is 0. The Morgan fingerprint density at radius 2 is 2.11 bits per heavy atom. The number of thioether (sulfide) groups is 1. The van der Waals surface area contributed by atoms with Gasteiger partial charge in [0.25, 0.3) is 5.91 Å². The van der Waals surface area contributed by atoms with E-state index in [1.54, 1.807) is 0 Å². The molecule has 2 aliphatic heterocycles. The van der Waals surface area contributed by atoms with E-state index in [9.17, 15) is 4.79 Å². The molecule has 0 saturated carbocycles. The Morgan fingerprint density at radius 3 is 2.84 bits per heavy atom. The molecule has 0 atom stereocenters. The van der Waals surface area contributed by atoms with Crippen LogP contribution in [0.5, 0.6) is 0 Å². The number of carbonyl (C=O) groups excluding carboxylic acids is 1. The molecule has 1 aromatic carbocycles. The van der Waals surface area contributed by atoms with E-state index < -0.39 is 0 Å². The minimum atomic E-state index is -0.146. The maximum absolute atomic E-state index is 11.9. The summed E-state index contributed by atoms with van der Waals surface area (Å²) in [5.74, 6) is -0.146. The van der Waals surface area contributed by atoms with E-state index in [0.717, 1.165) is 23.8 Å². The lowest BCUT2D eigenvalue weighted by Crippen LogP contribution is -2.23. The molecule has 3 nitrogen and oxygen atoms in total. The second-order valence-corrected chi connectivity index (χ2v) is 6.00. The number of rotatable bonds is 1. The first kappa shape index (κ1) is 12.8. The molecule has 1 saturated heterocycles. The van der Waals surface area contributed by atoms with Crippen LogP contribution in [-0.4, -0.2) is 29.1 Å². The minimum Gasteiger partial charge on any atom is -0.351 e. The Morgan fingerprint density at radius 1 is 1.32 bits per heavy atom. The number of amidine groups is 1. The normalized spacial score (nSPS) is 21.3. The lowest BCUT2D eigenvalue weighted by Gasteiger charge is -2.14. The topological polar surface area (TPSA) is 32.7 Å². The zero-order valence-electron chi connectivity index (χ0n) is 10.3. The highest BCUT2D eigenvalue weighted by atomic mass is 35.5. The Bertz CT molecular complexity index is 577. The Hall–Kier alpha value is -1.26. The summed E-state index contributed by atoms with van der Waals surface area (Å²) in [5, 5.41) is 1.52. The van der Waals surface area contributed by atoms with Crippen LogP contribution in [0.2, 0.25) is 5.02 Å². The number of aliphatic imine (C=N–C) groups is 1. The molecule has 5 heteroatoms. The number of likely N-dealkylation sites (tertiary alicyclic amines) is 1. The van der Waals surface area contributed by atoms with Gasteiger partial charge in [-0.3, -0.25) is 4.79 Å². The van der Waals surface area contributed by atoms with Gasteiger partial charge in [0.15, 0.2) is 5.17 Å². The number of hydrogen-bond donors (Lipinski definition) is 0. The summed E-state index contributed by atoms with van der Waals surface area (Å²) < 4.78 is 0. The van der Waals surface area contributed by atoms with E-state index in [-0.39, 0.29) is 5.91 Å². The molecule has 0 bridgehead atoms. The maximum atomic E-state index is 11.9. The molecule has 1 aromatic rings. The van der Waals surface area contributed by atoms with Crippen LogP contribution in [-0.2, 0) is 4.79 Å². The second kappa shape index (κ2) is 5.39. The van der Waals surface area contributed by atoms with Crippen LogP contribution in [0, 0.1) is 0 Å². The number of hydrogen-bond acceptors (Lipinski definition) is 3. The first-order valence-corrected chi connectivity index (χ1v) is 7.45. The summed E-state index contributed by atoms with van der Waals surface area (Å²) >= 11 is 7.40. The van der Waals surface area contributed by atoms with Crippen molar-refractivity contribution in [3.8, 4) is 0 Å². The van der Waals surface area contributed by atoms with Crippen molar-refractivity contribution in [1.29, 1.82) is 0 Å². The highest BCUT2D eigenvalue weighted by molar-refractivity contribution is 8.18. The molecule has 98 valence electrons. The average Bonchev–Trinajstić information content (AvgIpc) is 3.00. The van der Waals surface area contributed by atoms with E-state index in [0.29, 0.717) is 9.93 Å². The van der Waals surface area contributed by atoms with Crippen molar-refractivity contribution in [2.75, 3.05) is 13.1 Å². The largest absolute Gasteiger partial charge is 0.351 e. The maximum Gasteiger partial charge on any atom is 0.286 e. The Labute approximate surface area is 121 Å². The summed E-state index contributed by atoms with van der Waals surface area (Å²) in [5.41, 5.74) is 0.932. The van der Waals surface area contributed by atoms with E-state index in [4.69, 9.17) is 11.6 Å². The third kappa shape index (κ3) is 2.85. The van der Waals surface area contributed by atoms with Gasteiger partial charge in [0.1, 0.15) is 0 Å². The number of carbonyl (C=O) groups is 1. The minimum absolute atomic E-state index is 0.146. The second-order valence-electron chi connectivity index (χ2n) is 4.56. The van der Waals surface area contributed by atoms with Crippen LogP contribution < -0.4 is 0 Å². The fourth-order valence-electron chi connectivity index (χ4n) is 2.19. The standard InChI is InChI=1S/C14H13ClN2OS/c15-11-5-3-4-10(8-11)9-12-13(18)16-14(19-12)17-6-1-2-7-17/h3-5,8-9H,1-2,6-7H2. The summed E-state index contributed by atoms with van der Waals surface area (Å²) in [4.78, 5) is 18.9. The molecule has 0 aliphatic carbocycles. The summed E-state index contributed by atoms with van der Waals surface area (Å²) in [6, 6.07) is 7.47. The predicted molar refractivity (Wildman–Crippen MR) is 80.3 cm³/mol. The van der Waals surface area contributed by atoms with Crippen LogP contribution in [0.15, 0.2) is 34.2 Å². The van der Waals surface area contributed by atoms with Gasteiger partial charge in [-0.15, -0.1) is 0 Å². The SMILES string of the molecule is O=C1N=C(N2CCCC2)SC1=Cc1cccc(Cl)c1. The zero-order valence-corrected chi connectivity index (χ0v) is 11.9. The molecule has 1 fully saturated rings. The van der Waals surface area contributed by atoms with E-state index in [1.165, 1.54) is 24.6 Å². The highest BCUT2D eigenvalue weighted by Crippen LogP contribution is 2.31. The molecule has 0 aromatic heterocycles. The quantitative estimate of drug-likeness (QED) is 0.744. The smallest absolute Gasteiger partial charge is 0.286 e. The van der Waals surface area contributed by atoms with E-state index in [1.807, 2.05) is 30.3 Å². The van der Waals surface area contributed by atoms with Gasteiger partial charge in [-0.25, -0.2) is 0 Å². The van der Waals surface area contributed by atoms with Crippen LogP contribution in [0.1, 0.15) is 18.4 Å². The predicted octanol–water partition coefficient (Wildman–Crippen LogP) is 3.41. The van der Waals surface area contributed by atoms with Crippen molar-refractivity contribution in [2.45, 2.75) is 12.8 Å². The van der Waals surface area contributed by atoms with Gasteiger partial charge in [0.05, 0.1) is 4.91 Å². The summed E-state index contributed by atoms with van der Waals surface area (Å²) in [6.45, 7) is 2.01. The Kier molecular flexibility index (Phi) is 3.62. The molecule has 1 amide bonds. The Balaban J connectivity index is 1.79. The zero-order chi connectivity index (χ0) is 13.2. The van der Waals surface area contributed by atoms with Gasteiger partial charge in [-0.05, 0) is 48.4 Å². The fraction of sp³-hybridized carbons (Fsp3) is 0.286. The highest BCUT2D eigenvalue weighted by Gasteiger charge is 2.27. The van der Waals surface area contributed by atoms with E-state index >= 15 is 0 Å². The molecular weight excluding hydrogens is 280 g/mol. The first-order chi connectivity index (χ1) is 9.22. The molecule has 3 rings (SSSR count). The molecule has 19 heavy (non-hydrogen) atoms. The van der Waals surface area contributed by atoms with Crippen LogP contribution in [0.4, 0.5) is 0 Å². The van der Waals surface area contributed by atoms with Crippen molar-refractivity contribution in [2.24, 2.45) is 4.99 Å². The first-order valence-electron chi connectivity index (χ1n) is 6.25. The van der Waals surface area contributed by atoms with E-state index in [2.05, 4.69) is 9.89 Å². The lowest BCUT2D eigenvalue weighted by atomic mass is 10.2. The van der Waals surface area contributed by atoms with Gasteiger partial charge >= 0.3 is 0 Å². The number of halogens is 1. The van der Waals surface area contributed by atoms with Crippen molar-refractivity contribution in [1.82, 2.24) is 4.90 Å². The number of amides is 1. The van der Waals surface area contributed by atoms with Crippen molar-refractivity contribution in [3.63, 3.8) is 0 Å². The third-order valence-corrected chi connectivity index (χ3v) is 4.41. The molecule has 0 spiro atoms. The number of nitrogens with zero attached hydrogens (tertiary/aromatic N) is 2. The van der Waals surface area contributed by atoms with Crippen molar-refractivity contribution < 1.29 is 4.79 Å². The molecular formula is C14H13ClN2OS.